The Morgan fingerprint density at radius 1 is 1.33 bits per heavy atom. The average Bonchev–Trinajstić information content (AvgIpc) is 2.18. The number of nitrogens with one attached hydrogen (secondary N) is 1. The van der Waals surface area contributed by atoms with Crippen LogP contribution < -0.4 is 16.8 Å². The summed E-state index contributed by atoms with van der Waals surface area (Å²) in [5.41, 5.74) is -0.0249. The highest BCUT2D eigenvalue weighted by atomic mass is 35.6. The van der Waals surface area contributed by atoms with Gasteiger partial charge in [-0.2, -0.15) is 0 Å². The van der Waals surface area contributed by atoms with Crippen LogP contribution in [0.1, 0.15) is 5.56 Å². The maximum Gasteiger partial charge on any atom is 0.392 e. The summed E-state index contributed by atoms with van der Waals surface area (Å²) in [7, 11) is -4.22. The highest BCUT2D eigenvalue weighted by molar-refractivity contribution is 7.56. The summed E-state index contributed by atoms with van der Waals surface area (Å²) in [5, 5.41) is 11.5. The molecule has 0 aromatic heterocycles. The number of halogens is 3. The van der Waals surface area contributed by atoms with E-state index in [2.05, 4.69) is 5.09 Å². The van der Waals surface area contributed by atoms with E-state index in [1.165, 1.54) is 12.1 Å². The molecule has 0 fully saturated rings. The number of hydrogen-bond acceptors (Lipinski definition) is 4. The van der Waals surface area contributed by atoms with Gasteiger partial charge in [-0.15, -0.1) is 0 Å². The Bertz CT molecular complexity index is 493. The molecule has 0 amide bonds. The second-order valence-electron chi connectivity index (χ2n) is 3.26. The summed E-state index contributed by atoms with van der Waals surface area (Å²) >= 11 is 17.0. The average molecular weight is 336 g/mol. The van der Waals surface area contributed by atoms with Crippen molar-refractivity contribution in [2.45, 2.75) is 3.79 Å². The Morgan fingerprint density at radius 3 is 2.33 bits per heavy atom. The van der Waals surface area contributed by atoms with Crippen molar-refractivity contribution < 1.29 is 14.6 Å². The molecule has 1 atom stereocenters. The lowest BCUT2D eigenvalue weighted by molar-refractivity contribution is 0.366. The standard InChI is InChI=1S/C7H10Cl3N4O3P/c8-7(9,10)5-3-4(15)1-2-6(5)13-18(16,17)14(11)12/h1-3,15H,11-12H2,(H2,13,16,17). The summed E-state index contributed by atoms with van der Waals surface area (Å²) in [6, 6.07) is 3.62. The fourth-order valence-corrected chi connectivity index (χ4v) is 2.17. The van der Waals surface area contributed by atoms with Crippen LogP contribution in [0.3, 0.4) is 0 Å². The van der Waals surface area contributed by atoms with Crippen molar-refractivity contribution in [2.24, 2.45) is 11.7 Å². The van der Waals surface area contributed by atoms with Crippen LogP contribution in [0.15, 0.2) is 18.2 Å². The molecule has 0 saturated heterocycles. The van der Waals surface area contributed by atoms with Crippen molar-refractivity contribution in [3.05, 3.63) is 23.8 Å². The van der Waals surface area contributed by atoms with Crippen LogP contribution in [0.4, 0.5) is 5.69 Å². The zero-order valence-electron chi connectivity index (χ0n) is 8.72. The van der Waals surface area contributed by atoms with Crippen molar-refractivity contribution in [1.82, 2.24) is 4.89 Å². The van der Waals surface area contributed by atoms with Crippen LogP contribution in [0.5, 0.6) is 5.75 Å². The molecule has 0 heterocycles. The number of hydrazine groups is 2. The van der Waals surface area contributed by atoms with E-state index in [0.29, 0.717) is 0 Å². The molecule has 18 heavy (non-hydrogen) atoms. The topological polar surface area (TPSA) is 125 Å². The van der Waals surface area contributed by atoms with Crippen LogP contribution in [0, 0.1) is 0 Å². The Balaban J connectivity index is 3.22. The SMILES string of the molecule is NN(N)P(=O)(O)Nc1ccc(O)cc1C(Cl)(Cl)Cl. The number of aromatic hydroxyl groups is 1. The van der Waals surface area contributed by atoms with Gasteiger partial charge in [0, 0.05) is 5.56 Å². The van der Waals surface area contributed by atoms with Gasteiger partial charge in [0.1, 0.15) is 5.75 Å². The number of phenols is 1. The van der Waals surface area contributed by atoms with Gasteiger partial charge in [-0.3, -0.25) is 0 Å². The zero-order valence-corrected chi connectivity index (χ0v) is 11.9. The van der Waals surface area contributed by atoms with Crippen LogP contribution in [-0.4, -0.2) is 14.9 Å². The molecule has 0 radical (unpaired) electrons. The fourth-order valence-electron chi connectivity index (χ4n) is 1.08. The van der Waals surface area contributed by atoms with Gasteiger partial charge in [0.2, 0.25) is 3.79 Å². The molecule has 1 aromatic rings. The van der Waals surface area contributed by atoms with E-state index >= 15 is 0 Å². The Kier molecular flexibility index (Phi) is 4.75. The second-order valence-corrected chi connectivity index (χ2v) is 7.32. The Labute approximate surface area is 118 Å². The Morgan fingerprint density at radius 2 is 1.89 bits per heavy atom. The van der Waals surface area contributed by atoms with E-state index in [-0.39, 0.29) is 21.9 Å². The predicted octanol–water partition coefficient (Wildman–Crippen LogP) is 1.78. The molecule has 0 spiro atoms. The first-order chi connectivity index (χ1) is 8.04. The van der Waals surface area contributed by atoms with E-state index in [0.717, 1.165) is 6.07 Å². The van der Waals surface area contributed by atoms with E-state index in [9.17, 15) is 14.6 Å². The molecule has 0 bridgehead atoms. The summed E-state index contributed by atoms with van der Waals surface area (Å²) < 4.78 is 9.67. The number of alkyl halides is 3. The van der Waals surface area contributed by atoms with Gasteiger partial charge in [0.05, 0.1) is 5.69 Å². The molecule has 1 rings (SSSR count). The van der Waals surface area contributed by atoms with Crippen molar-refractivity contribution in [3.8, 4) is 5.75 Å². The molecular weight excluding hydrogens is 325 g/mol. The molecule has 11 heteroatoms. The highest BCUT2D eigenvalue weighted by Crippen LogP contribution is 2.48. The van der Waals surface area contributed by atoms with Crippen molar-refractivity contribution in [1.29, 1.82) is 0 Å². The molecule has 0 aliphatic heterocycles. The van der Waals surface area contributed by atoms with Gasteiger partial charge in [-0.05, 0) is 18.2 Å². The fraction of sp³-hybridized carbons (Fsp3) is 0.143. The van der Waals surface area contributed by atoms with Crippen LogP contribution in [0.2, 0.25) is 0 Å². The van der Waals surface area contributed by atoms with Crippen molar-refractivity contribution >= 4 is 48.2 Å². The van der Waals surface area contributed by atoms with Crippen LogP contribution >= 0.6 is 42.5 Å². The Hall–Kier alpha value is -0.240. The highest BCUT2D eigenvalue weighted by Gasteiger charge is 2.31. The lowest BCUT2D eigenvalue weighted by Crippen LogP contribution is -2.36. The lowest BCUT2D eigenvalue weighted by Gasteiger charge is -2.23. The van der Waals surface area contributed by atoms with Crippen molar-refractivity contribution in [3.63, 3.8) is 0 Å². The number of nitrogens with zero attached hydrogens (tertiary/aromatic N) is 1. The number of anilines is 1. The second kappa shape index (κ2) is 5.40. The predicted molar refractivity (Wildman–Crippen MR) is 71.0 cm³/mol. The van der Waals surface area contributed by atoms with Crippen molar-refractivity contribution in [2.75, 3.05) is 5.09 Å². The van der Waals surface area contributed by atoms with Crippen LogP contribution in [0.25, 0.3) is 0 Å². The number of rotatable bonds is 3. The molecule has 1 aromatic carbocycles. The molecule has 0 aliphatic rings. The maximum atomic E-state index is 11.6. The monoisotopic (exact) mass is 334 g/mol. The first kappa shape index (κ1) is 15.8. The third kappa shape index (κ3) is 3.88. The largest absolute Gasteiger partial charge is 0.508 e. The van der Waals surface area contributed by atoms with Gasteiger partial charge in [0.15, 0.2) is 0 Å². The number of hydrogen-bond donors (Lipinski definition) is 5. The number of nitrogens with two attached hydrogens (primary N) is 2. The summed E-state index contributed by atoms with van der Waals surface area (Å²) in [6.45, 7) is 0. The molecule has 102 valence electrons. The first-order valence-electron chi connectivity index (χ1n) is 4.35. The van der Waals surface area contributed by atoms with Gasteiger partial charge in [-0.25, -0.2) is 16.3 Å². The van der Waals surface area contributed by atoms with Gasteiger partial charge in [0.25, 0.3) is 0 Å². The molecule has 0 saturated carbocycles. The van der Waals surface area contributed by atoms with Gasteiger partial charge < -0.3 is 15.1 Å². The van der Waals surface area contributed by atoms with Gasteiger partial charge >= 0.3 is 7.67 Å². The smallest absolute Gasteiger partial charge is 0.392 e. The summed E-state index contributed by atoms with van der Waals surface area (Å²) in [5.74, 6) is 9.81. The molecule has 0 aliphatic carbocycles. The number of phenolic OH excluding ortho intramolecular Hbond substituents is 1. The van der Waals surface area contributed by atoms with E-state index in [1.54, 1.807) is 0 Å². The van der Waals surface area contributed by atoms with Gasteiger partial charge in [-0.1, -0.05) is 39.7 Å². The molecule has 7 nitrogen and oxygen atoms in total. The number of benzene rings is 1. The van der Waals surface area contributed by atoms with Crippen LogP contribution in [-0.2, 0) is 8.36 Å². The minimum Gasteiger partial charge on any atom is -0.508 e. The molecule has 7 N–H and O–H groups in total. The summed E-state index contributed by atoms with van der Waals surface area (Å²) in [6.07, 6.45) is 0. The third-order valence-electron chi connectivity index (χ3n) is 1.89. The van der Waals surface area contributed by atoms with E-state index in [1.807, 2.05) is 0 Å². The third-order valence-corrected chi connectivity index (χ3v) is 3.66. The molecule has 1 unspecified atom stereocenters. The van der Waals surface area contributed by atoms with E-state index < -0.39 is 11.5 Å². The molecular formula is C7H10Cl3N4O3P. The summed E-state index contributed by atoms with van der Waals surface area (Å²) in [4.78, 5) is 9.55. The quantitative estimate of drug-likeness (QED) is 0.187. The lowest BCUT2D eigenvalue weighted by atomic mass is 10.2. The minimum atomic E-state index is -4.22. The zero-order chi connectivity index (χ0) is 14.1. The van der Waals surface area contributed by atoms with E-state index in [4.69, 9.17) is 46.5 Å². The maximum absolute atomic E-state index is 11.6. The minimum absolute atomic E-state index is 0.000432. The first-order valence-corrected chi connectivity index (χ1v) is 7.10. The normalized spacial score (nSPS) is 15.5.